The van der Waals surface area contributed by atoms with Gasteiger partial charge >= 0.3 is 0 Å². The lowest BCUT2D eigenvalue weighted by Crippen LogP contribution is -1.86. The Balaban J connectivity index is 1.94. The molecule has 3 aromatic rings. The lowest BCUT2D eigenvalue weighted by molar-refractivity contribution is 0.415. The van der Waals surface area contributed by atoms with Crippen LogP contribution in [-0.4, -0.2) is 22.1 Å². The van der Waals surface area contributed by atoms with E-state index < -0.39 is 0 Å². The first-order chi connectivity index (χ1) is 9.65. The molecule has 0 amide bonds. The van der Waals surface area contributed by atoms with Crippen LogP contribution in [0.5, 0.6) is 5.75 Å². The molecule has 0 radical (unpaired) electrons. The summed E-state index contributed by atoms with van der Waals surface area (Å²) in [7, 11) is 1.66. The summed E-state index contributed by atoms with van der Waals surface area (Å²) in [5, 5.41) is 1.77. The molecule has 0 aliphatic rings. The number of rotatable bonds is 3. The Bertz CT molecular complexity index is 772. The maximum atomic E-state index is 5.21. The summed E-state index contributed by atoms with van der Waals surface area (Å²) in [6.07, 6.45) is 1.79. The number of ether oxygens (including phenoxy) is 1. The largest absolute Gasteiger partial charge is 0.497 e. The second kappa shape index (κ2) is 5.46. The molecule has 1 aromatic carbocycles. The van der Waals surface area contributed by atoms with Gasteiger partial charge in [0.2, 0.25) is 0 Å². The molecule has 2 aromatic heterocycles. The van der Waals surface area contributed by atoms with Gasteiger partial charge in [-0.25, -0.2) is 9.97 Å². The van der Waals surface area contributed by atoms with Crippen molar-refractivity contribution in [1.82, 2.24) is 15.0 Å². The van der Waals surface area contributed by atoms with E-state index in [4.69, 9.17) is 4.74 Å². The summed E-state index contributed by atoms with van der Waals surface area (Å²) >= 11 is 4.94. The second-order valence-corrected chi connectivity index (χ2v) is 6.20. The van der Waals surface area contributed by atoms with Crippen molar-refractivity contribution in [3.8, 4) is 5.75 Å². The van der Waals surface area contributed by atoms with Crippen LogP contribution >= 0.6 is 27.7 Å². The average Bonchev–Trinajstić information content (AvgIpc) is 2.83. The molecule has 0 spiro atoms. The summed E-state index contributed by atoms with van der Waals surface area (Å²) in [5.41, 5.74) is 2.99. The van der Waals surface area contributed by atoms with E-state index in [2.05, 4.69) is 30.9 Å². The highest BCUT2D eigenvalue weighted by Crippen LogP contribution is 2.30. The van der Waals surface area contributed by atoms with Gasteiger partial charge in [0.1, 0.15) is 10.8 Å². The highest BCUT2D eigenvalue weighted by atomic mass is 79.9. The molecular weight excluding hydrogens is 338 g/mol. The first kappa shape index (κ1) is 13.5. The summed E-state index contributed by atoms with van der Waals surface area (Å²) in [6.45, 7) is 2.03. The van der Waals surface area contributed by atoms with Gasteiger partial charge in [-0.3, -0.25) is 0 Å². The van der Waals surface area contributed by atoms with Gasteiger partial charge < -0.3 is 9.72 Å². The zero-order valence-electron chi connectivity index (χ0n) is 11.0. The molecule has 0 saturated carbocycles. The highest BCUT2D eigenvalue weighted by molar-refractivity contribution is 9.10. The monoisotopic (exact) mass is 349 g/mol. The molecule has 2 heterocycles. The standard InChI is InChI=1S/C14H12BrN3OS/c1-8-5-9(15)7-16-13(8)20-14-17-11-4-3-10(19-2)6-12(11)18-14/h3-7H,1-2H3,(H,17,18). The van der Waals surface area contributed by atoms with Gasteiger partial charge in [0.05, 0.1) is 18.1 Å². The number of benzene rings is 1. The number of imidazole rings is 1. The van der Waals surface area contributed by atoms with Gasteiger partial charge in [0.25, 0.3) is 0 Å². The summed E-state index contributed by atoms with van der Waals surface area (Å²) in [6, 6.07) is 7.83. The molecule has 0 bridgehead atoms. The smallest absolute Gasteiger partial charge is 0.172 e. The molecule has 1 N–H and O–H groups in total. The van der Waals surface area contributed by atoms with Crippen molar-refractivity contribution in [3.63, 3.8) is 0 Å². The number of H-pyrrole nitrogens is 1. The molecule has 0 atom stereocenters. The minimum absolute atomic E-state index is 0.815. The fraction of sp³-hybridized carbons (Fsp3) is 0.143. The molecule has 3 rings (SSSR count). The number of pyridine rings is 1. The minimum atomic E-state index is 0.815. The molecule has 20 heavy (non-hydrogen) atoms. The lowest BCUT2D eigenvalue weighted by atomic mass is 10.3. The summed E-state index contributed by atoms with van der Waals surface area (Å²) in [4.78, 5) is 12.2. The van der Waals surface area contributed by atoms with Crippen LogP contribution in [0.1, 0.15) is 5.56 Å². The van der Waals surface area contributed by atoms with E-state index in [1.54, 1.807) is 13.3 Å². The number of aryl methyl sites for hydroxylation is 1. The normalized spacial score (nSPS) is 10.9. The highest BCUT2D eigenvalue weighted by Gasteiger charge is 2.08. The van der Waals surface area contributed by atoms with Crippen LogP contribution in [0.4, 0.5) is 0 Å². The van der Waals surface area contributed by atoms with Gasteiger partial charge in [-0.15, -0.1) is 0 Å². The first-order valence-electron chi connectivity index (χ1n) is 5.99. The van der Waals surface area contributed by atoms with E-state index in [9.17, 15) is 0 Å². The molecule has 0 unspecified atom stereocenters. The maximum Gasteiger partial charge on any atom is 0.172 e. The molecule has 0 aliphatic heterocycles. The molecular formula is C14H12BrN3OS. The Hall–Kier alpha value is -1.53. The second-order valence-electron chi connectivity index (χ2n) is 4.30. The van der Waals surface area contributed by atoms with Crippen LogP contribution in [-0.2, 0) is 0 Å². The average molecular weight is 350 g/mol. The lowest BCUT2D eigenvalue weighted by Gasteiger charge is -2.01. The predicted octanol–water partition coefficient (Wildman–Crippen LogP) is 4.19. The van der Waals surface area contributed by atoms with Gasteiger partial charge in [0.15, 0.2) is 5.16 Å². The van der Waals surface area contributed by atoms with Crippen molar-refractivity contribution in [3.05, 3.63) is 40.5 Å². The number of nitrogens with one attached hydrogen (secondary N) is 1. The van der Waals surface area contributed by atoms with E-state index in [0.29, 0.717) is 0 Å². The third-order valence-corrected chi connectivity index (χ3v) is 4.30. The zero-order chi connectivity index (χ0) is 14.1. The van der Waals surface area contributed by atoms with Crippen LogP contribution in [0.15, 0.2) is 45.1 Å². The van der Waals surface area contributed by atoms with Gasteiger partial charge in [-0.05, 0) is 58.4 Å². The summed E-state index contributed by atoms with van der Waals surface area (Å²) < 4.78 is 6.19. The number of halogens is 1. The first-order valence-corrected chi connectivity index (χ1v) is 7.60. The third-order valence-electron chi connectivity index (χ3n) is 2.86. The fourth-order valence-corrected chi connectivity index (χ4v) is 3.13. The Morgan fingerprint density at radius 1 is 1.30 bits per heavy atom. The molecule has 6 heteroatoms. The number of aromatic amines is 1. The zero-order valence-corrected chi connectivity index (χ0v) is 13.4. The topological polar surface area (TPSA) is 50.8 Å². The fourth-order valence-electron chi connectivity index (χ4n) is 1.87. The number of aromatic nitrogens is 3. The van der Waals surface area contributed by atoms with E-state index in [0.717, 1.165) is 37.0 Å². The Kier molecular flexibility index (Phi) is 3.67. The quantitative estimate of drug-likeness (QED) is 0.770. The van der Waals surface area contributed by atoms with Crippen molar-refractivity contribution >= 4 is 38.7 Å². The maximum absolute atomic E-state index is 5.21. The molecule has 0 fully saturated rings. The number of hydrogen-bond acceptors (Lipinski definition) is 4. The van der Waals surface area contributed by atoms with Crippen LogP contribution in [0.3, 0.4) is 0 Å². The third kappa shape index (κ3) is 2.66. The number of fused-ring (bicyclic) bond motifs is 1. The molecule has 0 aliphatic carbocycles. The van der Waals surface area contributed by atoms with E-state index in [1.807, 2.05) is 31.2 Å². The van der Waals surface area contributed by atoms with E-state index in [-0.39, 0.29) is 0 Å². The molecule has 4 nitrogen and oxygen atoms in total. The van der Waals surface area contributed by atoms with Crippen LogP contribution in [0.25, 0.3) is 11.0 Å². The Labute approximate surface area is 129 Å². The molecule has 0 saturated heterocycles. The van der Waals surface area contributed by atoms with Crippen LogP contribution in [0.2, 0.25) is 0 Å². The van der Waals surface area contributed by atoms with Crippen molar-refractivity contribution in [2.24, 2.45) is 0 Å². The van der Waals surface area contributed by atoms with E-state index >= 15 is 0 Å². The van der Waals surface area contributed by atoms with Crippen molar-refractivity contribution in [2.75, 3.05) is 7.11 Å². The Morgan fingerprint density at radius 2 is 2.15 bits per heavy atom. The predicted molar refractivity (Wildman–Crippen MR) is 83.4 cm³/mol. The SMILES string of the molecule is COc1ccc2nc(Sc3ncc(Br)cc3C)[nH]c2c1. The number of methoxy groups -OCH3 is 1. The minimum Gasteiger partial charge on any atom is -0.497 e. The van der Waals surface area contributed by atoms with E-state index in [1.165, 1.54) is 11.8 Å². The Morgan fingerprint density at radius 3 is 2.90 bits per heavy atom. The van der Waals surface area contributed by atoms with Crippen molar-refractivity contribution < 1.29 is 4.74 Å². The van der Waals surface area contributed by atoms with Crippen LogP contribution in [0, 0.1) is 6.92 Å². The van der Waals surface area contributed by atoms with Gasteiger partial charge in [-0.2, -0.15) is 0 Å². The van der Waals surface area contributed by atoms with Gasteiger partial charge in [-0.1, -0.05) is 0 Å². The van der Waals surface area contributed by atoms with Crippen LogP contribution < -0.4 is 4.74 Å². The number of hydrogen-bond donors (Lipinski definition) is 1. The summed E-state index contributed by atoms with van der Waals surface area (Å²) in [5.74, 6) is 0.815. The van der Waals surface area contributed by atoms with Crippen molar-refractivity contribution in [1.29, 1.82) is 0 Å². The molecule has 102 valence electrons. The van der Waals surface area contributed by atoms with Crippen molar-refractivity contribution in [2.45, 2.75) is 17.1 Å². The number of nitrogens with zero attached hydrogens (tertiary/aromatic N) is 2. The van der Waals surface area contributed by atoms with Gasteiger partial charge in [0, 0.05) is 16.7 Å².